The first-order valence-electron chi connectivity index (χ1n) is 10.2. The molecule has 0 saturated carbocycles. The van der Waals surface area contributed by atoms with E-state index in [2.05, 4.69) is 29.6 Å². The number of hydrogen-bond donors (Lipinski definition) is 2. The quantitative estimate of drug-likeness (QED) is 0.565. The maximum atomic E-state index is 12.2. The summed E-state index contributed by atoms with van der Waals surface area (Å²) in [5.41, 5.74) is 3.07. The van der Waals surface area contributed by atoms with E-state index in [0.29, 0.717) is 12.8 Å². The molecule has 2 aliphatic rings. The van der Waals surface area contributed by atoms with Gasteiger partial charge in [-0.25, -0.2) is 0 Å². The minimum Gasteiger partial charge on any atom is -0.373 e. The summed E-state index contributed by atoms with van der Waals surface area (Å²) in [7, 11) is 0. The molecule has 0 unspecified atom stereocenters. The second-order valence-electron chi connectivity index (χ2n) is 8.25. The van der Waals surface area contributed by atoms with Crippen molar-refractivity contribution in [1.82, 2.24) is 5.32 Å². The molecule has 2 aromatic carbocycles. The van der Waals surface area contributed by atoms with Gasteiger partial charge in [0.15, 0.2) is 0 Å². The Labute approximate surface area is 175 Å². The number of aliphatic hydroxyl groups is 1. The van der Waals surface area contributed by atoms with E-state index in [-0.39, 0.29) is 25.4 Å². The van der Waals surface area contributed by atoms with Crippen molar-refractivity contribution >= 4 is 5.91 Å². The fraction of sp³-hybridized carbons (Fsp3) is 0.480. The Morgan fingerprint density at radius 3 is 2.17 bits per heavy atom. The second kappa shape index (κ2) is 10.6. The average molecular weight is 398 g/mol. The Bertz CT molecular complexity index is 740. The fourth-order valence-electron chi connectivity index (χ4n) is 3.62. The lowest BCUT2D eigenvalue weighted by molar-refractivity contribution is -0.131. The minimum absolute atomic E-state index is 0. The smallest absolute Gasteiger partial charge is 0.225 e. The van der Waals surface area contributed by atoms with Gasteiger partial charge in [0, 0.05) is 5.92 Å². The predicted octanol–water partition coefficient (Wildman–Crippen LogP) is 4.29. The second-order valence-corrected chi connectivity index (χ2v) is 8.25. The van der Waals surface area contributed by atoms with Crippen LogP contribution in [-0.2, 0) is 28.8 Å². The summed E-state index contributed by atoms with van der Waals surface area (Å²) in [5, 5.41) is 12.3. The number of carbonyl (C=O) groups is 1. The Balaban J connectivity index is 0.000000250. The van der Waals surface area contributed by atoms with Crippen LogP contribution >= 0.6 is 0 Å². The summed E-state index contributed by atoms with van der Waals surface area (Å²) < 4.78 is 5.21. The van der Waals surface area contributed by atoms with Crippen LogP contribution in [0, 0.1) is 5.92 Å². The van der Waals surface area contributed by atoms with Gasteiger partial charge < -0.3 is 15.2 Å². The predicted molar refractivity (Wildman–Crippen MR) is 118 cm³/mol. The van der Waals surface area contributed by atoms with Crippen molar-refractivity contribution in [1.29, 1.82) is 0 Å². The number of aryl methyl sites for hydroxylation is 2. The van der Waals surface area contributed by atoms with Crippen molar-refractivity contribution in [2.75, 3.05) is 6.61 Å². The van der Waals surface area contributed by atoms with Crippen molar-refractivity contribution < 1.29 is 14.6 Å². The monoisotopic (exact) mass is 397 g/mol. The number of epoxide rings is 1. The lowest BCUT2D eigenvalue weighted by atomic mass is 9.93. The topological polar surface area (TPSA) is 61.9 Å². The maximum Gasteiger partial charge on any atom is 0.225 e. The first-order valence-corrected chi connectivity index (χ1v) is 10.2. The van der Waals surface area contributed by atoms with Crippen LogP contribution in [0.3, 0.4) is 0 Å². The summed E-state index contributed by atoms with van der Waals surface area (Å²) in [4.78, 5) is 12.2. The number of nitrogens with one attached hydrogen (secondary N) is 1. The molecule has 1 fully saturated rings. The van der Waals surface area contributed by atoms with Gasteiger partial charge in [-0.05, 0) is 62.6 Å². The van der Waals surface area contributed by atoms with Crippen LogP contribution in [0.5, 0.6) is 0 Å². The highest BCUT2D eigenvalue weighted by molar-refractivity contribution is 5.79. The van der Waals surface area contributed by atoms with Crippen LogP contribution in [0.1, 0.15) is 50.8 Å². The normalized spacial score (nSPS) is 17.8. The van der Waals surface area contributed by atoms with Gasteiger partial charge in [0.05, 0.1) is 12.7 Å². The van der Waals surface area contributed by atoms with Crippen molar-refractivity contribution in [3.63, 3.8) is 0 Å². The molecule has 0 aromatic heterocycles. The molecule has 1 heterocycles. The molecule has 0 spiro atoms. The molecule has 1 amide bonds. The van der Waals surface area contributed by atoms with E-state index in [1.807, 2.05) is 30.3 Å². The number of hydrogen-bond acceptors (Lipinski definition) is 3. The summed E-state index contributed by atoms with van der Waals surface area (Å²) in [6.45, 7) is 3.87. The molecule has 4 rings (SSSR count). The summed E-state index contributed by atoms with van der Waals surface area (Å²) >= 11 is 0. The third-order valence-electron chi connectivity index (χ3n) is 5.09. The molecule has 2 atom stereocenters. The Morgan fingerprint density at radius 2 is 1.66 bits per heavy atom. The zero-order valence-electron chi connectivity index (χ0n) is 16.9. The first-order chi connectivity index (χ1) is 13.4. The third-order valence-corrected chi connectivity index (χ3v) is 5.09. The van der Waals surface area contributed by atoms with Crippen molar-refractivity contribution in [3.05, 3.63) is 71.3 Å². The van der Waals surface area contributed by atoms with Gasteiger partial charge in [-0.15, -0.1) is 0 Å². The number of amides is 1. The minimum atomic E-state index is -1.18. The zero-order chi connectivity index (χ0) is 20.0. The fourth-order valence-corrected chi connectivity index (χ4v) is 3.62. The van der Waals surface area contributed by atoms with E-state index in [1.165, 1.54) is 19.3 Å². The molecule has 1 aliphatic heterocycles. The van der Waals surface area contributed by atoms with Crippen LogP contribution in [0.25, 0.3) is 0 Å². The Morgan fingerprint density at radius 1 is 1.10 bits per heavy atom. The number of rotatable bonds is 6. The molecule has 0 bridgehead atoms. The van der Waals surface area contributed by atoms with E-state index in [9.17, 15) is 9.90 Å². The van der Waals surface area contributed by atoms with E-state index < -0.39 is 5.72 Å². The molecule has 4 heteroatoms. The largest absolute Gasteiger partial charge is 0.373 e. The lowest BCUT2D eigenvalue weighted by Gasteiger charge is -2.23. The Kier molecular flexibility index (Phi) is 8.42. The molecular formula is C25H35NO3. The van der Waals surface area contributed by atoms with E-state index >= 15 is 0 Å². The highest BCUT2D eigenvalue weighted by atomic mass is 16.6. The van der Waals surface area contributed by atoms with Gasteiger partial charge >= 0.3 is 0 Å². The molecule has 0 radical (unpaired) electrons. The molecule has 4 nitrogen and oxygen atoms in total. The SMILES string of the molecule is C.CC(C)(O)NC(=O)[C@H](Cc1ccccc1)C[C@H]1CO1.c1ccc2c(c1)CCC2. The lowest BCUT2D eigenvalue weighted by Crippen LogP contribution is -2.46. The van der Waals surface area contributed by atoms with Gasteiger partial charge in [0.2, 0.25) is 5.91 Å². The summed E-state index contributed by atoms with van der Waals surface area (Å²) in [5.74, 6) is -0.284. The molecule has 2 aromatic rings. The summed E-state index contributed by atoms with van der Waals surface area (Å²) in [6, 6.07) is 18.6. The van der Waals surface area contributed by atoms with Gasteiger partial charge in [-0.1, -0.05) is 62.0 Å². The molecule has 1 aliphatic carbocycles. The summed E-state index contributed by atoms with van der Waals surface area (Å²) in [6.07, 6.45) is 5.53. The number of benzene rings is 2. The van der Waals surface area contributed by atoms with Crippen molar-refractivity contribution in [3.8, 4) is 0 Å². The van der Waals surface area contributed by atoms with Crippen LogP contribution in [0.2, 0.25) is 0 Å². The molecule has 1 saturated heterocycles. The van der Waals surface area contributed by atoms with Gasteiger partial charge in [-0.3, -0.25) is 4.79 Å². The van der Waals surface area contributed by atoms with Crippen LogP contribution in [0.4, 0.5) is 0 Å². The third kappa shape index (κ3) is 8.00. The molecular weight excluding hydrogens is 362 g/mol. The molecule has 29 heavy (non-hydrogen) atoms. The van der Waals surface area contributed by atoms with Crippen LogP contribution < -0.4 is 5.32 Å². The van der Waals surface area contributed by atoms with Crippen molar-refractivity contribution in [2.45, 2.75) is 65.2 Å². The standard InChI is InChI=1S/C15H21NO3.C9H10.CH4/c1-15(2,18)16-14(17)12(9-13-10-19-13)8-11-6-4-3-5-7-11;1-2-5-9-7-3-6-8(9)4-1;/h3-7,12-13,18H,8-10H2,1-2H3,(H,16,17);1-2,4-5H,3,6-7H2;1H4/t12-,13+;;/m1../s1. The van der Waals surface area contributed by atoms with E-state index in [1.54, 1.807) is 25.0 Å². The highest BCUT2D eigenvalue weighted by Gasteiger charge is 2.32. The van der Waals surface area contributed by atoms with Crippen LogP contribution in [-0.4, -0.2) is 29.4 Å². The van der Waals surface area contributed by atoms with Crippen molar-refractivity contribution in [2.24, 2.45) is 5.92 Å². The van der Waals surface area contributed by atoms with Gasteiger partial charge in [0.1, 0.15) is 5.72 Å². The number of fused-ring (bicyclic) bond motifs is 1. The van der Waals surface area contributed by atoms with Gasteiger partial charge in [0.25, 0.3) is 0 Å². The zero-order valence-corrected chi connectivity index (χ0v) is 16.9. The molecule has 2 N–H and O–H groups in total. The van der Waals surface area contributed by atoms with Crippen LogP contribution in [0.15, 0.2) is 54.6 Å². The highest BCUT2D eigenvalue weighted by Crippen LogP contribution is 2.23. The van der Waals surface area contributed by atoms with E-state index in [0.717, 1.165) is 12.2 Å². The average Bonchev–Trinajstić information content (AvgIpc) is 3.34. The maximum absolute atomic E-state index is 12.2. The van der Waals surface area contributed by atoms with E-state index in [4.69, 9.17) is 4.74 Å². The van der Waals surface area contributed by atoms with Gasteiger partial charge in [-0.2, -0.15) is 0 Å². The first kappa shape index (κ1) is 23.1. The number of carbonyl (C=O) groups excluding carboxylic acids is 1. The number of ether oxygens (including phenoxy) is 1. The Hall–Kier alpha value is -2.17. The molecule has 158 valence electrons.